The van der Waals surface area contributed by atoms with E-state index in [4.69, 9.17) is 15.2 Å². The van der Waals surface area contributed by atoms with E-state index >= 15 is 0 Å². The molecule has 0 saturated carbocycles. The Morgan fingerprint density at radius 2 is 1.83 bits per heavy atom. The van der Waals surface area contributed by atoms with Gasteiger partial charge in [0, 0.05) is 6.04 Å². The van der Waals surface area contributed by atoms with Crippen LogP contribution in [0.15, 0.2) is 48.5 Å². The Morgan fingerprint density at radius 1 is 1.00 bits per heavy atom. The number of benzene rings is 2. The smallest absolute Gasteiger partial charge is 0.119 e. The van der Waals surface area contributed by atoms with Crippen LogP contribution in [0.4, 0.5) is 0 Å². The first kappa shape index (κ1) is 22.6. The maximum absolute atomic E-state index is 10.6. The van der Waals surface area contributed by atoms with Gasteiger partial charge in [-0.1, -0.05) is 50.5 Å². The molecule has 2 aromatic rings. The first-order valence-electron chi connectivity index (χ1n) is 11.5. The summed E-state index contributed by atoms with van der Waals surface area (Å²) in [6, 6.07) is 15.8. The lowest BCUT2D eigenvalue weighted by Crippen LogP contribution is -2.45. The van der Waals surface area contributed by atoms with Crippen molar-refractivity contribution in [3.63, 3.8) is 0 Å². The van der Waals surface area contributed by atoms with Gasteiger partial charge in [-0.05, 0) is 73.4 Å². The summed E-state index contributed by atoms with van der Waals surface area (Å²) in [7, 11) is 0. The van der Waals surface area contributed by atoms with E-state index in [0.29, 0.717) is 0 Å². The van der Waals surface area contributed by atoms with Gasteiger partial charge in [0.05, 0.1) is 6.61 Å². The van der Waals surface area contributed by atoms with Gasteiger partial charge >= 0.3 is 0 Å². The number of unbranched alkanes of at least 4 members (excludes halogenated alkanes) is 3. The molecule has 30 heavy (non-hydrogen) atoms. The monoisotopic (exact) mass is 411 g/mol. The number of hydrogen-bond acceptors (Lipinski definition) is 4. The van der Waals surface area contributed by atoms with Crippen LogP contribution in [0, 0.1) is 5.92 Å². The Labute approximate surface area is 181 Å². The number of aliphatic hydroxyl groups is 1. The van der Waals surface area contributed by atoms with Gasteiger partial charge in [0.15, 0.2) is 0 Å². The second kappa shape index (κ2) is 12.0. The normalized spacial score (nSPS) is 18.2. The van der Waals surface area contributed by atoms with Crippen LogP contribution in [-0.4, -0.2) is 30.5 Å². The zero-order chi connectivity index (χ0) is 21.2. The van der Waals surface area contributed by atoms with Crippen LogP contribution in [0.25, 0.3) is 0 Å². The highest BCUT2D eigenvalue weighted by molar-refractivity contribution is 5.37. The first-order valence-corrected chi connectivity index (χ1v) is 11.5. The molecule has 0 fully saturated rings. The summed E-state index contributed by atoms with van der Waals surface area (Å²) >= 11 is 0. The summed E-state index contributed by atoms with van der Waals surface area (Å²) in [6.45, 7) is 3.21. The molecule has 0 radical (unpaired) electrons. The third-order valence-electron chi connectivity index (χ3n) is 6.10. The standard InChI is InChI=1S/C26H37NO3/c1-2-3-4-8-16-29-24-15-14-20-10-9-11-21(17-22(20)18-24)26(27)25(28)19-30-23-12-6-5-7-13-23/h5-7,12-15,18,21,25-26,28H,2-4,8-11,16-17,19,27H2,1H3/t21?,25-,26?/m1/s1. The van der Waals surface area contributed by atoms with Gasteiger partial charge in [0.2, 0.25) is 0 Å². The number of hydrogen-bond donors (Lipinski definition) is 2. The van der Waals surface area contributed by atoms with Gasteiger partial charge in [-0.2, -0.15) is 0 Å². The molecule has 4 nitrogen and oxygen atoms in total. The average molecular weight is 412 g/mol. The minimum absolute atomic E-state index is 0.218. The number of rotatable bonds is 11. The molecular weight excluding hydrogens is 374 g/mol. The van der Waals surface area contributed by atoms with Crippen molar-refractivity contribution in [3.05, 3.63) is 59.7 Å². The van der Waals surface area contributed by atoms with E-state index in [-0.39, 0.29) is 18.6 Å². The minimum atomic E-state index is -0.685. The van der Waals surface area contributed by atoms with Gasteiger partial charge in [-0.25, -0.2) is 0 Å². The van der Waals surface area contributed by atoms with E-state index in [2.05, 4.69) is 25.1 Å². The van der Waals surface area contributed by atoms with Crippen molar-refractivity contribution in [1.29, 1.82) is 0 Å². The van der Waals surface area contributed by atoms with Gasteiger partial charge in [-0.15, -0.1) is 0 Å². The molecule has 0 heterocycles. The van der Waals surface area contributed by atoms with Crippen LogP contribution in [0.2, 0.25) is 0 Å². The van der Waals surface area contributed by atoms with E-state index in [9.17, 15) is 5.11 Å². The maximum atomic E-state index is 10.6. The van der Waals surface area contributed by atoms with Crippen LogP contribution < -0.4 is 15.2 Å². The van der Waals surface area contributed by atoms with Crippen LogP contribution in [0.3, 0.4) is 0 Å². The lowest BCUT2D eigenvalue weighted by Gasteiger charge is -2.27. The fourth-order valence-corrected chi connectivity index (χ4v) is 4.24. The molecule has 2 aromatic carbocycles. The van der Waals surface area contributed by atoms with Crippen molar-refractivity contribution in [2.75, 3.05) is 13.2 Å². The van der Waals surface area contributed by atoms with E-state index in [1.807, 2.05) is 30.3 Å². The zero-order valence-corrected chi connectivity index (χ0v) is 18.3. The molecule has 3 N–H and O–H groups in total. The predicted octanol–water partition coefficient (Wildman–Crippen LogP) is 4.91. The molecule has 164 valence electrons. The summed E-state index contributed by atoms with van der Waals surface area (Å²) < 4.78 is 11.7. The Hall–Kier alpha value is -2.04. The highest BCUT2D eigenvalue weighted by Gasteiger charge is 2.28. The molecule has 0 saturated heterocycles. The molecule has 0 aliphatic heterocycles. The Bertz CT molecular complexity index is 749. The number of aryl methyl sites for hydroxylation is 1. The molecule has 3 rings (SSSR count). The molecule has 0 amide bonds. The summed E-state index contributed by atoms with van der Waals surface area (Å²) in [6.07, 6.45) is 8.20. The van der Waals surface area contributed by atoms with Crippen molar-refractivity contribution >= 4 is 0 Å². The number of para-hydroxylation sites is 1. The summed E-state index contributed by atoms with van der Waals surface area (Å²) in [5, 5.41) is 10.6. The van der Waals surface area contributed by atoms with E-state index in [1.54, 1.807) is 0 Å². The van der Waals surface area contributed by atoms with Crippen molar-refractivity contribution in [2.45, 2.75) is 70.4 Å². The van der Waals surface area contributed by atoms with Gasteiger partial charge in [-0.3, -0.25) is 0 Å². The molecular formula is C26H37NO3. The second-order valence-electron chi connectivity index (χ2n) is 8.46. The van der Waals surface area contributed by atoms with Gasteiger partial charge < -0.3 is 20.3 Å². The summed E-state index contributed by atoms with van der Waals surface area (Å²) in [5.41, 5.74) is 9.19. The average Bonchev–Trinajstić information content (AvgIpc) is 2.99. The zero-order valence-electron chi connectivity index (χ0n) is 18.3. The quantitative estimate of drug-likeness (QED) is 0.407. The molecule has 0 bridgehead atoms. The molecule has 0 aromatic heterocycles. The Morgan fingerprint density at radius 3 is 2.63 bits per heavy atom. The predicted molar refractivity (Wildman–Crippen MR) is 122 cm³/mol. The lowest BCUT2D eigenvalue weighted by molar-refractivity contribution is 0.0645. The molecule has 2 unspecified atom stereocenters. The summed E-state index contributed by atoms with van der Waals surface area (Å²) in [5.74, 6) is 1.95. The van der Waals surface area contributed by atoms with Crippen molar-refractivity contribution in [3.8, 4) is 11.5 Å². The SMILES string of the molecule is CCCCCCOc1ccc2c(c1)CC(C(N)[C@H](O)COc1ccccc1)CCC2. The third kappa shape index (κ3) is 6.75. The molecule has 1 aliphatic carbocycles. The molecule has 3 atom stereocenters. The highest BCUT2D eigenvalue weighted by Crippen LogP contribution is 2.30. The van der Waals surface area contributed by atoms with Crippen molar-refractivity contribution in [1.82, 2.24) is 0 Å². The number of ether oxygens (including phenoxy) is 2. The van der Waals surface area contributed by atoms with Gasteiger partial charge in [0.1, 0.15) is 24.2 Å². The van der Waals surface area contributed by atoms with Crippen LogP contribution in [0.5, 0.6) is 11.5 Å². The number of fused-ring (bicyclic) bond motifs is 1. The summed E-state index contributed by atoms with van der Waals surface area (Å²) in [4.78, 5) is 0. The van der Waals surface area contributed by atoms with Crippen molar-refractivity contribution < 1.29 is 14.6 Å². The Kier molecular flexibility index (Phi) is 9.03. The van der Waals surface area contributed by atoms with Crippen LogP contribution >= 0.6 is 0 Å². The van der Waals surface area contributed by atoms with E-state index < -0.39 is 6.10 Å². The largest absolute Gasteiger partial charge is 0.494 e. The lowest BCUT2D eigenvalue weighted by atomic mass is 9.87. The number of nitrogens with two attached hydrogens (primary N) is 1. The fraction of sp³-hybridized carbons (Fsp3) is 0.538. The van der Waals surface area contributed by atoms with Crippen LogP contribution in [-0.2, 0) is 12.8 Å². The topological polar surface area (TPSA) is 64.7 Å². The Balaban J connectivity index is 1.55. The van der Waals surface area contributed by atoms with Gasteiger partial charge in [0.25, 0.3) is 0 Å². The first-order chi connectivity index (χ1) is 14.7. The third-order valence-corrected chi connectivity index (χ3v) is 6.10. The maximum Gasteiger partial charge on any atom is 0.119 e. The van der Waals surface area contributed by atoms with Crippen molar-refractivity contribution in [2.24, 2.45) is 11.7 Å². The minimum Gasteiger partial charge on any atom is -0.494 e. The molecule has 4 heteroatoms. The number of aliphatic hydroxyl groups excluding tert-OH is 1. The highest BCUT2D eigenvalue weighted by atomic mass is 16.5. The second-order valence-corrected chi connectivity index (χ2v) is 8.46. The van der Waals surface area contributed by atoms with E-state index in [0.717, 1.165) is 50.2 Å². The van der Waals surface area contributed by atoms with Crippen LogP contribution in [0.1, 0.15) is 56.6 Å². The molecule has 0 spiro atoms. The fourth-order valence-electron chi connectivity index (χ4n) is 4.24. The molecule has 1 aliphatic rings. The van der Waals surface area contributed by atoms with E-state index in [1.165, 1.54) is 30.4 Å².